The zero-order chi connectivity index (χ0) is 14.2. The van der Waals surface area contributed by atoms with E-state index in [0.29, 0.717) is 12.2 Å². The molecule has 0 aliphatic rings. The number of halogens is 4. The van der Waals surface area contributed by atoms with Gasteiger partial charge < -0.3 is 0 Å². The van der Waals surface area contributed by atoms with Gasteiger partial charge in [-0.15, -0.1) is 0 Å². The molecule has 0 spiro atoms. The van der Waals surface area contributed by atoms with Crippen LogP contribution in [0.1, 0.15) is 18.3 Å². The summed E-state index contributed by atoms with van der Waals surface area (Å²) in [5.74, 6) is 0.542. The number of hydrogen-bond acceptors (Lipinski definition) is 2. The summed E-state index contributed by atoms with van der Waals surface area (Å²) in [7, 11) is 0. The monoisotopic (exact) mass is 307 g/mol. The molecule has 1 N–H and O–H groups in total. The Labute approximate surface area is 117 Å². The van der Waals surface area contributed by atoms with Gasteiger partial charge in [-0.25, -0.2) is 0 Å². The molecular weight excluding hydrogens is 299 g/mol. The van der Waals surface area contributed by atoms with E-state index < -0.39 is 11.7 Å². The van der Waals surface area contributed by atoms with Crippen LogP contribution in [0.5, 0.6) is 0 Å². The minimum atomic E-state index is -4.46. The fourth-order valence-electron chi connectivity index (χ4n) is 1.70. The van der Waals surface area contributed by atoms with Gasteiger partial charge in [0, 0.05) is 11.4 Å². The lowest BCUT2D eigenvalue weighted by Gasteiger charge is -2.11. The Balaban J connectivity index is 2.66. The van der Waals surface area contributed by atoms with Crippen molar-refractivity contribution in [2.24, 2.45) is 0 Å². The average Bonchev–Trinajstić information content (AvgIpc) is 2.68. The van der Waals surface area contributed by atoms with Crippen molar-refractivity contribution < 1.29 is 13.2 Å². The van der Waals surface area contributed by atoms with Gasteiger partial charge in [0.05, 0.1) is 11.3 Å². The van der Waals surface area contributed by atoms with Gasteiger partial charge in [0.25, 0.3) is 0 Å². The van der Waals surface area contributed by atoms with Crippen LogP contribution in [0.2, 0.25) is 5.02 Å². The number of H-pyrrole nitrogens is 1. The Hall–Kier alpha value is -1.34. The molecule has 0 aliphatic carbocycles. The third-order valence-electron chi connectivity index (χ3n) is 2.53. The summed E-state index contributed by atoms with van der Waals surface area (Å²) in [6.07, 6.45) is -3.93. The molecule has 0 saturated carbocycles. The predicted molar refractivity (Wildman–Crippen MR) is 68.1 cm³/mol. The minimum absolute atomic E-state index is 0.00465. The molecule has 2 aromatic rings. The molecule has 0 saturated heterocycles. The Kier molecular flexibility index (Phi) is 3.69. The molecule has 0 amide bonds. The number of alkyl halides is 3. The first-order chi connectivity index (χ1) is 8.82. The quantitative estimate of drug-likeness (QED) is 0.845. The number of benzene rings is 1. The summed E-state index contributed by atoms with van der Waals surface area (Å²) < 4.78 is 39.9. The molecule has 0 fully saturated rings. The first-order valence-electron chi connectivity index (χ1n) is 5.37. The second-order valence-corrected chi connectivity index (χ2v) is 4.65. The first-order valence-corrected chi connectivity index (χ1v) is 6.16. The van der Waals surface area contributed by atoms with Gasteiger partial charge in [0.15, 0.2) is 4.77 Å². The van der Waals surface area contributed by atoms with Gasteiger partial charge >= 0.3 is 6.18 Å². The molecule has 0 unspecified atom stereocenters. The van der Waals surface area contributed by atoms with E-state index >= 15 is 0 Å². The van der Waals surface area contributed by atoms with E-state index in [-0.39, 0.29) is 15.5 Å². The maximum Gasteiger partial charge on any atom is 0.416 e. The molecule has 1 aromatic carbocycles. The van der Waals surface area contributed by atoms with Crippen molar-refractivity contribution in [3.8, 4) is 5.69 Å². The smallest absolute Gasteiger partial charge is 0.272 e. The SMILES string of the molecule is CCc1n[nH]c(=S)n1-c1cc(Cl)cc(C(F)(F)F)c1. The summed E-state index contributed by atoms with van der Waals surface area (Å²) in [6, 6.07) is 3.29. The molecule has 1 heterocycles. The van der Waals surface area contributed by atoms with E-state index in [1.165, 1.54) is 10.6 Å². The van der Waals surface area contributed by atoms with Crippen molar-refractivity contribution in [3.05, 3.63) is 39.4 Å². The minimum Gasteiger partial charge on any atom is -0.272 e. The van der Waals surface area contributed by atoms with E-state index in [1.54, 1.807) is 0 Å². The van der Waals surface area contributed by atoms with Crippen LogP contribution in [0.4, 0.5) is 13.2 Å². The fraction of sp³-hybridized carbons (Fsp3) is 0.273. The summed E-state index contributed by atoms with van der Waals surface area (Å²) >= 11 is 10.8. The van der Waals surface area contributed by atoms with Crippen LogP contribution < -0.4 is 0 Å². The lowest BCUT2D eigenvalue weighted by atomic mass is 10.2. The largest absolute Gasteiger partial charge is 0.416 e. The Morgan fingerprint density at radius 3 is 2.63 bits per heavy atom. The number of aromatic nitrogens is 3. The fourth-order valence-corrected chi connectivity index (χ4v) is 2.19. The van der Waals surface area contributed by atoms with E-state index in [2.05, 4.69) is 10.2 Å². The Bertz CT molecular complexity index is 660. The Morgan fingerprint density at radius 2 is 2.05 bits per heavy atom. The second-order valence-electron chi connectivity index (χ2n) is 3.83. The van der Waals surface area contributed by atoms with Crippen molar-refractivity contribution in [1.29, 1.82) is 0 Å². The number of nitrogens with one attached hydrogen (secondary N) is 1. The normalized spacial score (nSPS) is 11.8. The molecule has 8 heteroatoms. The van der Waals surface area contributed by atoms with Crippen LogP contribution in [0.25, 0.3) is 5.69 Å². The van der Waals surface area contributed by atoms with Crippen LogP contribution >= 0.6 is 23.8 Å². The molecule has 3 nitrogen and oxygen atoms in total. The van der Waals surface area contributed by atoms with Gasteiger partial charge in [-0.1, -0.05) is 18.5 Å². The van der Waals surface area contributed by atoms with Crippen LogP contribution in [-0.4, -0.2) is 14.8 Å². The zero-order valence-electron chi connectivity index (χ0n) is 9.75. The van der Waals surface area contributed by atoms with E-state index in [9.17, 15) is 13.2 Å². The van der Waals surface area contributed by atoms with E-state index in [0.717, 1.165) is 12.1 Å². The Morgan fingerprint density at radius 1 is 1.37 bits per heavy atom. The molecule has 0 radical (unpaired) electrons. The van der Waals surface area contributed by atoms with Gasteiger partial charge in [-0.3, -0.25) is 9.67 Å². The van der Waals surface area contributed by atoms with E-state index in [1.807, 2.05) is 6.92 Å². The standard InChI is InChI=1S/C11H9ClF3N3S/c1-2-9-16-17-10(19)18(9)8-4-6(11(13,14)15)3-7(12)5-8/h3-5H,2H2,1H3,(H,17,19). The first kappa shape index (κ1) is 14.1. The number of hydrogen-bond donors (Lipinski definition) is 1. The summed E-state index contributed by atoms with van der Waals surface area (Å²) in [4.78, 5) is 0. The predicted octanol–water partition coefficient (Wildman–Crippen LogP) is 4.16. The van der Waals surface area contributed by atoms with Crippen LogP contribution in [-0.2, 0) is 12.6 Å². The number of aromatic amines is 1. The molecule has 0 atom stereocenters. The summed E-state index contributed by atoms with van der Waals surface area (Å²) in [6.45, 7) is 1.83. The second kappa shape index (κ2) is 4.97. The molecule has 0 aliphatic heterocycles. The van der Waals surface area contributed by atoms with Crippen molar-refractivity contribution in [1.82, 2.24) is 14.8 Å². The maximum atomic E-state index is 12.8. The van der Waals surface area contributed by atoms with Crippen LogP contribution in [0.3, 0.4) is 0 Å². The van der Waals surface area contributed by atoms with Crippen molar-refractivity contribution in [3.63, 3.8) is 0 Å². The number of rotatable bonds is 2. The zero-order valence-corrected chi connectivity index (χ0v) is 11.3. The van der Waals surface area contributed by atoms with E-state index in [4.69, 9.17) is 23.8 Å². The average molecular weight is 308 g/mol. The number of nitrogens with zero attached hydrogens (tertiary/aromatic N) is 2. The topological polar surface area (TPSA) is 33.6 Å². The highest BCUT2D eigenvalue weighted by molar-refractivity contribution is 7.71. The van der Waals surface area contributed by atoms with Gasteiger partial charge in [0.1, 0.15) is 5.82 Å². The van der Waals surface area contributed by atoms with Crippen molar-refractivity contribution in [2.75, 3.05) is 0 Å². The molecule has 2 rings (SSSR count). The maximum absolute atomic E-state index is 12.8. The van der Waals surface area contributed by atoms with Gasteiger partial charge in [-0.2, -0.15) is 18.3 Å². The number of aryl methyl sites for hydroxylation is 1. The highest BCUT2D eigenvalue weighted by Gasteiger charge is 2.31. The molecule has 1 aromatic heterocycles. The summed E-state index contributed by atoms with van der Waals surface area (Å²) in [5, 5.41) is 6.50. The third kappa shape index (κ3) is 2.82. The third-order valence-corrected chi connectivity index (χ3v) is 3.02. The van der Waals surface area contributed by atoms with Gasteiger partial charge in [-0.05, 0) is 30.4 Å². The molecule has 102 valence electrons. The van der Waals surface area contributed by atoms with Crippen LogP contribution in [0.15, 0.2) is 18.2 Å². The lowest BCUT2D eigenvalue weighted by molar-refractivity contribution is -0.137. The lowest BCUT2D eigenvalue weighted by Crippen LogP contribution is -2.07. The summed E-state index contributed by atoms with van der Waals surface area (Å²) in [5.41, 5.74) is -0.574. The highest BCUT2D eigenvalue weighted by atomic mass is 35.5. The molecular formula is C11H9ClF3N3S. The molecule has 0 bridgehead atoms. The van der Waals surface area contributed by atoms with Crippen LogP contribution in [0, 0.1) is 4.77 Å². The van der Waals surface area contributed by atoms with Crippen molar-refractivity contribution in [2.45, 2.75) is 19.5 Å². The van der Waals surface area contributed by atoms with Gasteiger partial charge in [0.2, 0.25) is 0 Å². The van der Waals surface area contributed by atoms with Crippen molar-refractivity contribution >= 4 is 23.8 Å². The molecule has 19 heavy (non-hydrogen) atoms. The highest BCUT2D eigenvalue weighted by Crippen LogP contribution is 2.33.